The Morgan fingerprint density at radius 2 is 1.96 bits per heavy atom. The van der Waals surface area contributed by atoms with Crippen LogP contribution in [0.15, 0.2) is 35.1 Å². The summed E-state index contributed by atoms with van der Waals surface area (Å²) in [4.78, 5) is 23.6. The minimum atomic E-state index is -0.250. The summed E-state index contributed by atoms with van der Waals surface area (Å²) in [5.41, 5.74) is 6.09. The van der Waals surface area contributed by atoms with Crippen LogP contribution < -0.4 is 10.9 Å². The zero-order valence-corrected chi connectivity index (χ0v) is 16.0. The van der Waals surface area contributed by atoms with Crippen LogP contribution in [0.4, 0.5) is 5.69 Å². The van der Waals surface area contributed by atoms with Gasteiger partial charge in [0, 0.05) is 36.5 Å². The molecule has 7 heteroatoms. The Bertz CT molecular complexity index is 1030. The molecule has 0 saturated heterocycles. The van der Waals surface area contributed by atoms with E-state index < -0.39 is 0 Å². The van der Waals surface area contributed by atoms with Crippen molar-refractivity contribution in [1.29, 1.82) is 0 Å². The molecule has 2 N–H and O–H groups in total. The normalized spacial score (nSPS) is 10.8. The highest BCUT2D eigenvalue weighted by Gasteiger charge is 2.12. The van der Waals surface area contributed by atoms with Crippen molar-refractivity contribution in [2.45, 2.75) is 33.6 Å². The lowest BCUT2D eigenvalue weighted by atomic mass is 10.1. The number of nitrogens with one attached hydrogen (secondary N) is 2. The SMILES string of the molecule is Cc1ccc(-c2ccc(=O)[nH]n2)cc1NC(=O)CCc1c(C)nn(C)c1C. The van der Waals surface area contributed by atoms with Gasteiger partial charge in [0.15, 0.2) is 0 Å². The Labute approximate surface area is 157 Å². The molecule has 0 saturated carbocycles. The molecule has 0 fully saturated rings. The van der Waals surface area contributed by atoms with Crippen LogP contribution in [0, 0.1) is 20.8 Å². The number of benzene rings is 1. The van der Waals surface area contributed by atoms with Crippen LogP contribution in [-0.2, 0) is 18.3 Å². The molecule has 1 aromatic carbocycles. The van der Waals surface area contributed by atoms with Crippen LogP contribution in [0.2, 0.25) is 0 Å². The molecule has 3 aromatic rings. The Morgan fingerprint density at radius 1 is 1.19 bits per heavy atom. The maximum atomic E-state index is 12.5. The fourth-order valence-corrected chi connectivity index (χ4v) is 3.05. The van der Waals surface area contributed by atoms with Crippen LogP contribution in [0.3, 0.4) is 0 Å². The number of amides is 1. The van der Waals surface area contributed by atoms with Crippen molar-refractivity contribution in [3.8, 4) is 11.3 Å². The summed E-state index contributed by atoms with van der Waals surface area (Å²) in [6, 6.07) is 8.79. The lowest BCUT2D eigenvalue weighted by Gasteiger charge is -2.11. The molecular formula is C20H23N5O2. The summed E-state index contributed by atoms with van der Waals surface area (Å²) in [6.45, 7) is 5.91. The quantitative estimate of drug-likeness (QED) is 0.727. The summed E-state index contributed by atoms with van der Waals surface area (Å²) >= 11 is 0. The first-order chi connectivity index (χ1) is 12.8. The van der Waals surface area contributed by atoms with Gasteiger partial charge in [0.1, 0.15) is 0 Å². The Kier molecular flexibility index (Phi) is 5.21. The third kappa shape index (κ3) is 4.13. The highest BCUT2D eigenvalue weighted by atomic mass is 16.1. The van der Waals surface area contributed by atoms with Crippen molar-refractivity contribution in [3.63, 3.8) is 0 Å². The first-order valence-electron chi connectivity index (χ1n) is 8.81. The van der Waals surface area contributed by atoms with E-state index in [0.717, 1.165) is 33.8 Å². The topological polar surface area (TPSA) is 92.7 Å². The number of carbonyl (C=O) groups is 1. The van der Waals surface area contributed by atoms with Gasteiger partial charge in [0.25, 0.3) is 5.56 Å². The van der Waals surface area contributed by atoms with Gasteiger partial charge in [-0.15, -0.1) is 0 Å². The van der Waals surface area contributed by atoms with Crippen LogP contribution >= 0.6 is 0 Å². The van der Waals surface area contributed by atoms with E-state index in [-0.39, 0.29) is 11.5 Å². The molecule has 2 heterocycles. The second-order valence-corrected chi connectivity index (χ2v) is 6.66. The summed E-state index contributed by atoms with van der Waals surface area (Å²) in [5, 5.41) is 13.8. The van der Waals surface area contributed by atoms with Gasteiger partial charge in [0.05, 0.1) is 11.4 Å². The lowest BCUT2D eigenvalue weighted by molar-refractivity contribution is -0.116. The highest BCUT2D eigenvalue weighted by molar-refractivity contribution is 5.92. The molecule has 7 nitrogen and oxygen atoms in total. The van der Waals surface area contributed by atoms with E-state index in [1.807, 2.05) is 50.7 Å². The fourth-order valence-electron chi connectivity index (χ4n) is 3.05. The van der Waals surface area contributed by atoms with E-state index in [2.05, 4.69) is 20.6 Å². The first kappa shape index (κ1) is 18.6. The van der Waals surface area contributed by atoms with Crippen LogP contribution in [0.5, 0.6) is 0 Å². The van der Waals surface area contributed by atoms with Crippen molar-refractivity contribution >= 4 is 11.6 Å². The van der Waals surface area contributed by atoms with Crippen LogP contribution in [0.1, 0.15) is 28.9 Å². The molecule has 140 valence electrons. The molecule has 3 rings (SSSR count). The number of hydrogen-bond acceptors (Lipinski definition) is 4. The van der Waals surface area contributed by atoms with Gasteiger partial charge < -0.3 is 5.32 Å². The Morgan fingerprint density at radius 3 is 2.59 bits per heavy atom. The van der Waals surface area contributed by atoms with E-state index in [0.29, 0.717) is 18.5 Å². The smallest absolute Gasteiger partial charge is 0.264 e. The minimum Gasteiger partial charge on any atom is -0.326 e. The average Bonchev–Trinajstić information content (AvgIpc) is 2.88. The first-order valence-corrected chi connectivity index (χ1v) is 8.81. The molecule has 0 aliphatic heterocycles. The highest BCUT2D eigenvalue weighted by Crippen LogP contribution is 2.24. The van der Waals surface area contributed by atoms with Crippen molar-refractivity contribution < 1.29 is 4.79 Å². The second kappa shape index (κ2) is 7.57. The minimum absolute atomic E-state index is 0.0488. The fraction of sp³-hybridized carbons (Fsp3) is 0.300. The molecule has 0 aliphatic carbocycles. The number of aromatic amines is 1. The van der Waals surface area contributed by atoms with Gasteiger partial charge in [-0.2, -0.15) is 10.2 Å². The molecule has 1 amide bonds. The number of nitrogens with zero attached hydrogens (tertiary/aromatic N) is 3. The van der Waals surface area contributed by atoms with Gasteiger partial charge in [-0.05, 0) is 50.5 Å². The van der Waals surface area contributed by atoms with Gasteiger partial charge in [-0.25, -0.2) is 5.10 Å². The number of aromatic nitrogens is 4. The third-order valence-corrected chi connectivity index (χ3v) is 4.75. The van der Waals surface area contributed by atoms with E-state index >= 15 is 0 Å². The predicted molar refractivity (Wildman–Crippen MR) is 105 cm³/mol. The molecule has 0 spiro atoms. The number of rotatable bonds is 5. The Balaban J connectivity index is 1.72. The van der Waals surface area contributed by atoms with Gasteiger partial charge in [-0.1, -0.05) is 12.1 Å². The van der Waals surface area contributed by atoms with Crippen molar-refractivity contribution in [2.75, 3.05) is 5.32 Å². The van der Waals surface area contributed by atoms with E-state index in [4.69, 9.17) is 0 Å². The van der Waals surface area contributed by atoms with Gasteiger partial charge in [0.2, 0.25) is 5.91 Å². The van der Waals surface area contributed by atoms with Crippen molar-refractivity contribution in [1.82, 2.24) is 20.0 Å². The summed E-state index contributed by atoms with van der Waals surface area (Å²) in [7, 11) is 1.91. The van der Waals surface area contributed by atoms with E-state index in [9.17, 15) is 9.59 Å². The average molecular weight is 365 g/mol. The van der Waals surface area contributed by atoms with E-state index in [1.165, 1.54) is 6.07 Å². The van der Waals surface area contributed by atoms with Crippen LogP contribution in [0.25, 0.3) is 11.3 Å². The lowest BCUT2D eigenvalue weighted by Crippen LogP contribution is -2.14. The summed E-state index contributed by atoms with van der Waals surface area (Å²) in [5.74, 6) is -0.0488. The molecule has 0 unspecified atom stereocenters. The second-order valence-electron chi connectivity index (χ2n) is 6.66. The predicted octanol–water partition coefficient (Wildman–Crippen LogP) is 2.67. The zero-order chi connectivity index (χ0) is 19.6. The van der Waals surface area contributed by atoms with Crippen LogP contribution in [-0.4, -0.2) is 25.9 Å². The molecule has 0 bridgehead atoms. The zero-order valence-electron chi connectivity index (χ0n) is 16.0. The number of hydrogen-bond donors (Lipinski definition) is 2. The summed E-state index contributed by atoms with van der Waals surface area (Å²) < 4.78 is 1.84. The van der Waals surface area contributed by atoms with Gasteiger partial charge in [-0.3, -0.25) is 14.3 Å². The maximum Gasteiger partial charge on any atom is 0.264 e. The number of H-pyrrole nitrogens is 1. The molecule has 0 radical (unpaired) electrons. The molecule has 2 aromatic heterocycles. The van der Waals surface area contributed by atoms with Crippen molar-refractivity contribution in [2.24, 2.45) is 7.05 Å². The molecular weight excluding hydrogens is 342 g/mol. The molecule has 0 atom stereocenters. The summed E-state index contributed by atoms with van der Waals surface area (Å²) in [6.07, 6.45) is 1.03. The number of anilines is 1. The number of carbonyl (C=O) groups excluding carboxylic acids is 1. The van der Waals surface area contributed by atoms with Gasteiger partial charge >= 0.3 is 0 Å². The third-order valence-electron chi connectivity index (χ3n) is 4.75. The monoisotopic (exact) mass is 365 g/mol. The Hall–Kier alpha value is -3.22. The molecule has 0 aliphatic rings. The number of aryl methyl sites for hydroxylation is 3. The van der Waals surface area contributed by atoms with Crippen molar-refractivity contribution in [3.05, 3.63) is 63.2 Å². The standard InChI is InChI=1S/C20H23N5O2/c1-12-5-6-15(17-8-10-20(27)23-22-17)11-18(12)21-19(26)9-7-16-13(2)24-25(4)14(16)3/h5-6,8,10-11H,7,9H2,1-4H3,(H,21,26)(H,23,27). The molecule has 27 heavy (non-hydrogen) atoms. The maximum absolute atomic E-state index is 12.5. The van der Waals surface area contributed by atoms with E-state index in [1.54, 1.807) is 6.07 Å². The largest absolute Gasteiger partial charge is 0.326 e.